The van der Waals surface area contributed by atoms with Gasteiger partial charge in [0, 0.05) is 68.9 Å². The van der Waals surface area contributed by atoms with Gasteiger partial charge in [-0.3, -0.25) is 18.8 Å². The predicted octanol–water partition coefficient (Wildman–Crippen LogP) is 5.46. The number of nitrogens with one attached hydrogen (secondary N) is 2. The van der Waals surface area contributed by atoms with E-state index in [0.717, 1.165) is 31.3 Å². The lowest BCUT2D eigenvalue weighted by atomic mass is 10.0. The Kier molecular flexibility index (Phi) is 9.34. The number of pyridine rings is 1. The highest BCUT2D eigenvalue weighted by Gasteiger charge is 2.23. The highest BCUT2D eigenvalue weighted by molar-refractivity contribution is 7.26. The summed E-state index contributed by atoms with van der Waals surface area (Å²) in [6, 6.07) is 17.7. The predicted molar refractivity (Wildman–Crippen MR) is 184 cm³/mol. The van der Waals surface area contributed by atoms with Gasteiger partial charge in [-0.2, -0.15) is 0 Å². The lowest BCUT2D eigenvalue weighted by molar-refractivity contribution is -0.124. The maximum absolute atomic E-state index is 13.4. The Hall–Kier alpha value is -4.32. The molecule has 0 radical (unpaired) electrons. The number of fused-ring (bicyclic) bond motifs is 4. The molecule has 0 aliphatic carbocycles. The Morgan fingerprint density at radius 2 is 1.89 bits per heavy atom. The van der Waals surface area contributed by atoms with E-state index in [9.17, 15) is 14.4 Å². The van der Waals surface area contributed by atoms with Gasteiger partial charge in [0.25, 0.3) is 5.56 Å². The summed E-state index contributed by atoms with van der Waals surface area (Å²) in [5.74, 6) is 0.188. The van der Waals surface area contributed by atoms with Gasteiger partial charge in [0.05, 0.1) is 31.3 Å². The van der Waals surface area contributed by atoms with Crippen LogP contribution in [0.3, 0.4) is 0 Å². The third-order valence-electron chi connectivity index (χ3n) is 8.11. The highest BCUT2D eigenvalue weighted by Crippen LogP contribution is 2.41. The first-order chi connectivity index (χ1) is 22.2. The molecule has 1 saturated heterocycles. The number of benzene rings is 2. The lowest BCUT2D eigenvalue weighted by Crippen LogP contribution is -2.37. The molecule has 0 spiro atoms. The summed E-state index contributed by atoms with van der Waals surface area (Å²) in [7, 11) is 0. The summed E-state index contributed by atoms with van der Waals surface area (Å²) < 4.78 is 15.3. The van der Waals surface area contributed by atoms with Crippen molar-refractivity contribution in [1.82, 2.24) is 14.7 Å². The number of thiophene rings is 1. The summed E-state index contributed by atoms with van der Waals surface area (Å²) in [5.41, 5.74) is 2.71. The van der Waals surface area contributed by atoms with Crippen molar-refractivity contribution in [3.05, 3.63) is 71.1 Å². The number of carbonyl (C=O) groups is 2. The monoisotopic (exact) mass is 641 g/mol. The minimum absolute atomic E-state index is 0.113. The molecule has 2 amide bonds. The van der Waals surface area contributed by atoms with E-state index in [-0.39, 0.29) is 23.0 Å². The van der Waals surface area contributed by atoms with Gasteiger partial charge in [0.15, 0.2) is 0 Å². The second kappa shape index (κ2) is 13.6. The van der Waals surface area contributed by atoms with Crippen molar-refractivity contribution < 1.29 is 19.1 Å². The molecule has 4 heterocycles. The first-order valence-corrected chi connectivity index (χ1v) is 16.5. The molecule has 1 fully saturated rings. The molecule has 6 rings (SSSR count). The molecule has 5 aromatic rings. The molecule has 3 aromatic heterocycles. The molecule has 46 heavy (non-hydrogen) atoms. The van der Waals surface area contributed by atoms with Crippen LogP contribution in [-0.4, -0.2) is 66.8 Å². The lowest BCUT2D eigenvalue weighted by Gasteiger charge is -2.27. The van der Waals surface area contributed by atoms with Crippen molar-refractivity contribution in [2.24, 2.45) is 5.92 Å². The molecule has 2 N–H and O–H groups in total. The zero-order chi connectivity index (χ0) is 32.3. The van der Waals surface area contributed by atoms with Crippen molar-refractivity contribution in [2.45, 2.75) is 39.2 Å². The van der Waals surface area contributed by atoms with Crippen LogP contribution in [-0.2, 0) is 19.1 Å². The number of ether oxygens (including phenoxy) is 2. The number of rotatable bonds is 11. The van der Waals surface area contributed by atoms with Crippen LogP contribution in [0.2, 0.25) is 0 Å². The van der Waals surface area contributed by atoms with Gasteiger partial charge < -0.3 is 25.0 Å². The molecular formula is C35H39N5O5S. The fourth-order valence-electron chi connectivity index (χ4n) is 5.76. The van der Waals surface area contributed by atoms with Gasteiger partial charge in [-0.25, -0.2) is 4.98 Å². The molecule has 240 valence electrons. The van der Waals surface area contributed by atoms with Gasteiger partial charge in [-0.05, 0) is 63.9 Å². The molecular weight excluding hydrogens is 602 g/mol. The van der Waals surface area contributed by atoms with Gasteiger partial charge in [-0.15, -0.1) is 11.3 Å². The number of hydrogen-bond acceptors (Lipinski definition) is 8. The Labute approximate surface area is 271 Å². The topological polar surface area (TPSA) is 114 Å². The van der Waals surface area contributed by atoms with Crippen LogP contribution in [0, 0.1) is 5.92 Å². The molecule has 11 heteroatoms. The number of nitrogens with zero attached hydrogens (tertiary/aromatic N) is 3. The zero-order valence-electron chi connectivity index (χ0n) is 26.4. The molecule has 10 nitrogen and oxygen atoms in total. The van der Waals surface area contributed by atoms with Crippen LogP contribution < -0.4 is 21.1 Å². The van der Waals surface area contributed by atoms with Crippen LogP contribution in [0.15, 0.2) is 65.6 Å². The maximum Gasteiger partial charge on any atom is 0.259 e. The van der Waals surface area contributed by atoms with Gasteiger partial charge in [-0.1, -0.05) is 18.2 Å². The second-order valence-electron chi connectivity index (χ2n) is 12.5. The fraction of sp³-hybridized carbons (Fsp3) is 0.371. The molecule has 2 aromatic carbocycles. The minimum Gasteiger partial charge on any atom is -0.378 e. The van der Waals surface area contributed by atoms with Crippen molar-refractivity contribution in [3.8, 4) is 11.1 Å². The van der Waals surface area contributed by atoms with Crippen molar-refractivity contribution in [1.29, 1.82) is 0 Å². The average molecular weight is 642 g/mol. The Bertz CT molecular complexity index is 1940. The van der Waals surface area contributed by atoms with Crippen LogP contribution >= 0.6 is 11.3 Å². The van der Waals surface area contributed by atoms with Crippen LogP contribution in [0.4, 0.5) is 11.5 Å². The van der Waals surface area contributed by atoms with E-state index in [1.165, 1.54) is 0 Å². The summed E-state index contributed by atoms with van der Waals surface area (Å²) in [5, 5.41) is 7.88. The fourth-order valence-corrected chi connectivity index (χ4v) is 6.97. The smallest absolute Gasteiger partial charge is 0.259 e. The molecule has 0 bridgehead atoms. The zero-order valence-corrected chi connectivity index (χ0v) is 27.2. The number of anilines is 2. The molecule has 1 aliphatic heterocycles. The first-order valence-electron chi connectivity index (χ1n) is 15.6. The quantitative estimate of drug-likeness (QED) is 0.145. The standard InChI is InChI=1S/C35H39N5O5S/c1-35(2,3)45-21-23(7-5-13-36-22-41)34(43)37-24-11-12-29-28(19-24)26-9-4-8-25(32(26)46-29)27-10-6-14-40-31(42)20-30(38-33(27)40)39-15-17-44-18-16-39/h4,6,8-12,14,19-20,22-23H,5,7,13,15-18,21H2,1-3H3,(H,36,41)(H,37,43)/t23-/m1/s1. The van der Waals surface area contributed by atoms with Crippen molar-refractivity contribution in [3.63, 3.8) is 0 Å². The first kappa shape index (κ1) is 31.7. The third-order valence-corrected chi connectivity index (χ3v) is 9.33. The largest absolute Gasteiger partial charge is 0.378 e. The van der Waals surface area contributed by atoms with E-state index in [4.69, 9.17) is 14.5 Å². The molecule has 0 unspecified atom stereocenters. The maximum atomic E-state index is 13.4. The van der Waals surface area contributed by atoms with Crippen molar-refractivity contribution in [2.75, 3.05) is 49.7 Å². The number of hydrogen-bond donors (Lipinski definition) is 2. The third kappa shape index (κ3) is 6.91. The normalized spacial score (nSPS) is 14.5. The second-order valence-corrected chi connectivity index (χ2v) is 13.5. The van der Waals surface area contributed by atoms with Crippen LogP contribution in [0.5, 0.6) is 0 Å². The van der Waals surface area contributed by atoms with Gasteiger partial charge >= 0.3 is 0 Å². The van der Waals surface area contributed by atoms with E-state index >= 15 is 0 Å². The number of carbonyl (C=O) groups excluding carboxylic acids is 2. The van der Waals surface area contributed by atoms with E-state index < -0.39 is 0 Å². The van der Waals surface area contributed by atoms with Gasteiger partial charge in [0.1, 0.15) is 11.5 Å². The number of morpholine rings is 1. The van der Waals surface area contributed by atoms with E-state index in [2.05, 4.69) is 27.7 Å². The molecule has 1 atom stereocenters. The van der Waals surface area contributed by atoms with E-state index in [1.54, 1.807) is 28.0 Å². The average Bonchev–Trinajstić information content (AvgIpc) is 3.42. The number of amides is 2. The van der Waals surface area contributed by atoms with Crippen molar-refractivity contribution >= 4 is 61.0 Å². The minimum atomic E-state index is -0.372. The summed E-state index contributed by atoms with van der Waals surface area (Å²) in [4.78, 5) is 44.4. The summed E-state index contributed by atoms with van der Waals surface area (Å²) in [6.07, 6.45) is 3.69. The van der Waals surface area contributed by atoms with Gasteiger partial charge in [0.2, 0.25) is 12.3 Å². The van der Waals surface area contributed by atoms with Crippen LogP contribution in [0.1, 0.15) is 33.6 Å². The summed E-state index contributed by atoms with van der Waals surface area (Å²) >= 11 is 1.68. The summed E-state index contributed by atoms with van der Waals surface area (Å²) in [6.45, 7) is 9.30. The molecule has 1 aliphatic rings. The van der Waals surface area contributed by atoms with Crippen LogP contribution in [0.25, 0.3) is 36.9 Å². The molecule has 0 saturated carbocycles. The Morgan fingerprint density at radius 1 is 1.09 bits per heavy atom. The highest BCUT2D eigenvalue weighted by atomic mass is 32.1. The Balaban J connectivity index is 1.33. The van der Waals surface area contributed by atoms with E-state index in [1.807, 2.05) is 57.2 Å². The SMILES string of the molecule is CC(C)(C)OC[C@@H](CCCNC=O)C(=O)Nc1ccc2sc3c(-c4cccn5c(=O)cc(N6CCOCC6)nc45)cccc3c2c1. The number of aromatic nitrogens is 2. The Morgan fingerprint density at radius 3 is 2.67 bits per heavy atom. The van der Waals surface area contributed by atoms with E-state index in [0.29, 0.717) is 75.9 Å².